The van der Waals surface area contributed by atoms with E-state index in [2.05, 4.69) is 15.1 Å². The number of methoxy groups -OCH3 is 1. The van der Waals surface area contributed by atoms with Crippen LogP contribution >= 0.6 is 22.9 Å². The number of esters is 1. The summed E-state index contributed by atoms with van der Waals surface area (Å²) in [5.41, 5.74) is 1.24. The van der Waals surface area contributed by atoms with E-state index in [9.17, 15) is 13.6 Å². The molecule has 26 heavy (non-hydrogen) atoms. The number of hydrogen-bond acceptors (Lipinski definition) is 6. The minimum absolute atomic E-state index is 0.0127. The molecule has 0 fully saturated rings. The van der Waals surface area contributed by atoms with Crippen molar-refractivity contribution in [2.45, 2.75) is 6.92 Å². The standard InChI is InChI=1S/C16H9ClF2N4O2S/c1-6-11-14-21-13(7-3-9(18)10(19)4-8(7)17)22-23(14)5-20-15(11)26-12(6)16(24)25-2/h3-5H,1-2H3. The van der Waals surface area contributed by atoms with E-state index in [0.29, 0.717) is 26.3 Å². The van der Waals surface area contributed by atoms with Crippen LogP contribution in [0.2, 0.25) is 5.02 Å². The highest BCUT2D eigenvalue weighted by molar-refractivity contribution is 7.20. The van der Waals surface area contributed by atoms with Gasteiger partial charge in [-0.2, -0.15) is 0 Å². The molecular formula is C16H9ClF2N4O2S. The number of carbonyl (C=O) groups excluding carboxylic acids is 1. The third-order valence-corrected chi connectivity index (χ3v) is 5.38. The predicted molar refractivity (Wildman–Crippen MR) is 92.6 cm³/mol. The Bertz CT molecular complexity index is 1200. The van der Waals surface area contributed by atoms with Gasteiger partial charge in [-0.1, -0.05) is 11.6 Å². The normalized spacial score (nSPS) is 11.4. The monoisotopic (exact) mass is 394 g/mol. The number of aromatic nitrogens is 4. The van der Waals surface area contributed by atoms with Crippen molar-refractivity contribution >= 4 is 44.8 Å². The van der Waals surface area contributed by atoms with Gasteiger partial charge >= 0.3 is 5.97 Å². The molecule has 0 aliphatic rings. The Hall–Kier alpha value is -2.65. The van der Waals surface area contributed by atoms with Crippen LogP contribution in [0.25, 0.3) is 27.3 Å². The Morgan fingerprint density at radius 3 is 2.77 bits per heavy atom. The summed E-state index contributed by atoms with van der Waals surface area (Å²) in [6, 6.07) is 1.81. The van der Waals surface area contributed by atoms with E-state index in [4.69, 9.17) is 16.3 Å². The first-order valence-electron chi connectivity index (χ1n) is 7.28. The van der Waals surface area contributed by atoms with E-state index in [1.165, 1.54) is 29.3 Å². The predicted octanol–water partition coefficient (Wildman–Crippen LogP) is 4.03. The molecule has 3 heterocycles. The third-order valence-electron chi connectivity index (χ3n) is 3.89. The Balaban J connectivity index is 1.98. The lowest BCUT2D eigenvalue weighted by Gasteiger charge is -2.00. The first-order valence-corrected chi connectivity index (χ1v) is 8.48. The van der Waals surface area contributed by atoms with E-state index in [-0.39, 0.29) is 16.4 Å². The van der Waals surface area contributed by atoms with Crippen LogP contribution < -0.4 is 0 Å². The first kappa shape index (κ1) is 16.8. The fourth-order valence-corrected chi connectivity index (χ4v) is 3.93. The molecule has 0 saturated carbocycles. The number of thiophene rings is 1. The van der Waals surface area contributed by atoms with Crippen molar-refractivity contribution in [1.82, 2.24) is 19.6 Å². The summed E-state index contributed by atoms with van der Waals surface area (Å²) in [4.78, 5) is 21.6. The number of nitrogens with zero attached hydrogens (tertiary/aromatic N) is 4. The second-order valence-corrected chi connectivity index (χ2v) is 6.83. The maximum Gasteiger partial charge on any atom is 0.348 e. The van der Waals surface area contributed by atoms with Gasteiger partial charge in [0.1, 0.15) is 16.0 Å². The highest BCUT2D eigenvalue weighted by atomic mass is 35.5. The SMILES string of the molecule is COC(=O)c1sc2ncn3nc(-c4cc(F)c(F)cc4Cl)nc3c2c1C. The molecule has 0 radical (unpaired) electrons. The van der Waals surface area contributed by atoms with Gasteiger partial charge < -0.3 is 4.74 Å². The first-order chi connectivity index (χ1) is 12.4. The molecule has 4 rings (SSSR count). The van der Waals surface area contributed by atoms with Crippen molar-refractivity contribution in [3.05, 3.63) is 45.6 Å². The Morgan fingerprint density at radius 1 is 1.31 bits per heavy atom. The molecule has 3 aromatic heterocycles. The van der Waals surface area contributed by atoms with Gasteiger partial charge in [-0.3, -0.25) is 0 Å². The Kier molecular flexibility index (Phi) is 3.85. The minimum atomic E-state index is -1.05. The molecule has 0 aliphatic heterocycles. The number of aryl methyl sites for hydroxylation is 1. The summed E-state index contributed by atoms with van der Waals surface area (Å²) in [5, 5.41) is 4.86. The van der Waals surface area contributed by atoms with E-state index in [0.717, 1.165) is 12.1 Å². The number of hydrogen-bond donors (Lipinski definition) is 0. The van der Waals surface area contributed by atoms with E-state index >= 15 is 0 Å². The number of ether oxygens (including phenoxy) is 1. The van der Waals surface area contributed by atoms with Crippen LogP contribution in [0, 0.1) is 18.6 Å². The summed E-state index contributed by atoms with van der Waals surface area (Å²) in [6.07, 6.45) is 1.43. The molecule has 0 saturated heterocycles. The highest BCUT2D eigenvalue weighted by Gasteiger charge is 2.21. The van der Waals surface area contributed by atoms with Gasteiger partial charge in [0.15, 0.2) is 23.1 Å². The summed E-state index contributed by atoms with van der Waals surface area (Å²) < 4.78 is 33.1. The van der Waals surface area contributed by atoms with E-state index in [1.54, 1.807) is 6.92 Å². The van der Waals surface area contributed by atoms with Crippen LogP contribution in [-0.2, 0) is 4.74 Å². The van der Waals surface area contributed by atoms with E-state index < -0.39 is 17.6 Å². The van der Waals surface area contributed by atoms with Gasteiger partial charge in [0, 0.05) is 5.56 Å². The second kappa shape index (κ2) is 5.96. The van der Waals surface area contributed by atoms with Crippen LogP contribution in [0.4, 0.5) is 8.78 Å². The lowest BCUT2D eigenvalue weighted by Crippen LogP contribution is -1.99. The molecule has 0 amide bonds. The van der Waals surface area contributed by atoms with Crippen molar-refractivity contribution < 1.29 is 18.3 Å². The minimum Gasteiger partial charge on any atom is -0.465 e. The second-order valence-electron chi connectivity index (χ2n) is 5.42. The molecule has 1 aromatic carbocycles. The van der Waals surface area contributed by atoms with Crippen LogP contribution in [0.1, 0.15) is 15.2 Å². The molecule has 0 atom stereocenters. The van der Waals surface area contributed by atoms with Crippen LogP contribution in [0.5, 0.6) is 0 Å². The van der Waals surface area contributed by atoms with E-state index in [1.807, 2.05) is 0 Å². The summed E-state index contributed by atoms with van der Waals surface area (Å²) in [6.45, 7) is 1.76. The lowest BCUT2D eigenvalue weighted by molar-refractivity contribution is 0.0605. The van der Waals surface area contributed by atoms with Gasteiger partial charge in [-0.15, -0.1) is 16.4 Å². The molecule has 0 bridgehead atoms. The van der Waals surface area contributed by atoms with Crippen LogP contribution in [-0.4, -0.2) is 32.7 Å². The molecule has 0 aliphatic carbocycles. The van der Waals surface area contributed by atoms with Crippen molar-refractivity contribution in [1.29, 1.82) is 0 Å². The smallest absolute Gasteiger partial charge is 0.348 e. The van der Waals surface area contributed by atoms with Crippen molar-refractivity contribution in [2.24, 2.45) is 0 Å². The number of fused-ring (bicyclic) bond motifs is 3. The van der Waals surface area contributed by atoms with Crippen LogP contribution in [0.15, 0.2) is 18.5 Å². The van der Waals surface area contributed by atoms with Gasteiger partial charge in [0.2, 0.25) is 0 Å². The Labute approximate surface area is 154 Å². The molecular weight excluding hydrogens is 386 g/mol. The molecule has 0 N–H and O–H groups in total. The van der Waals surface area contributed by atoms with Gasteiger partial charge in [0.05, 0.1) is 17.5 Å². The van der Waals surface area contributed by atoms with Gasteiger partial charge in [-0.25, -0.2) is 28.1 Å². The zero-order chi connectivity index (χ0) is 18.6. The molecule has 4 aromatic rings. The highest BCUT2D eigenvalue weighted by Crippen LogP contribution is 2.34. The number of halogens is 3. The average molecular weight is 395 g/mol. The van der Waals surface area contributed by atoms with Gasteiger partial charge in [-0.05, 0) is 24.6 Å². The molecule has 132 valence electrons. The number of rotatable bonds is 2. The van der Waals surface area contributed by atoms with Crippen LogP contribution in [0.3, 0.4) is 0 Å². The zero-order valence-electron chi connectivity index (χ0n) is 13.4. The summed E-state index contributed by atoms with van der Waals surface area (Å²) in [5.74, 6) is -2.45. The number of benzene rings is 1. The molecule has 0 unspecified atom stereocenters. The topological polar surface area (TPSA) is 69.4 Å². The Morgan fingerprint density at radius 2 is 2.04 bits per heavy atom. The largest absolute Gasteiger partial charge is 0.465 e. The maximum absolute atomic E-state index is 13.6. The maximum atomic E-state index is 13.6. The third kappa shape index (κ3) is 2.43. The van der Waals surface area contributed by atoms with Crippen molar-refractivity contribution in [3.8, 4) is 11.4 Å². The van der Waals surface area contributed by atoms with Gasteiger partial charge in [0.25, 0.3) is 0 Å². The fraction of sp³-hybridized carbons (Fsp3) is 0.125. The number of carbonyl (C=O) groups is 1. The zero-order valence-corrected chi connectivity index (χ0v) is 15.0. The van der Waals surface area contributed by atoms with Crippen molar-refractivity contribution in [3.63, 3.8) is 0 Å². The lowest BCUT2D eigenvalue weighted by atomic mass is 10.2. The average Bonchev–Trinajstić information content (AvgIpc) is 3.18. The van der Waals surface area contributed by atoms with Crippen molar-refractivity contribution in [2.75, 3.05) is 7.11 Å². The summed E-state index contributed by atoms with van der Waals surface area (Å²) >= 11 is 7.19. The molecule has 10 heteroatoms. The molecule has 0 spiro atoms. The summed E-state index contributed by atoms with van der Waals surface area (Å²) in [7, 11) is 1.30. The quantitative estimate of drug-likeness (QED) is 0.379. The molecule has 6 nitrogen and oxygen atoms in total. The fourth-order valence-electron chi connectivity index (χ4n) is 2.63.